The Morgan fingerprint density at radius 1 is 1.19 bits per heavy atom. The van der Waals surface area contributed by atoms with E-state index in [0.717, 1.165) is 13.1 Å². The van der Waals surface area contributed by atoms with Crippen molar-refractivity contribution >= 4 is 6.03 Å². The van der Waals surface area contributed by atoms with Gasteiger partial charge in [-0.1, -0.05) is 29.3 Å². The Balaban J connectivity index is 2.29. The van der Waals surface area contributed by atoms with Gasteiger partial charge in [0.25, 0.3) is 0 Å². The van der Waals surface area contributed by atoms with Crippen LogP contribution in [0.5, 0.6) is 0 Å². The van der Waals surface area contributed by atoms with E-state index in [0.29, 0.717) is 6.54 Å². The van der Waals surface area contributed by atoms with Gasteiger partial charge in [0, 0.05) is 19.6 Å². The van der Waals surface area contributed by atoms with E-state index < -0.39 is 6.03 Å². The van der Waals surface area contributed by atoms with Crippen LogP contribution < -0.4 is 16.4 Å². The second-order valence-corrected chi connectivity index (χ2v) is 3.96. The molecule has 4 heteroatoms. The molecule has 0 spiro atoms. The summed E-state index contributed by atoms with van der Waals surface area (Å²) in [5, 5.41) is 5.77. The molecule has 1 aromatic carbocycles. The fraction of sp³-hybridized carbons (Fsp3) is 0.417. The first kappa shape index (κ1) is 12.5. The van der Waals surface area contributed by atoms with Crippen LogP contribution in [-0.2, 0) is 6.54 Å². The number of rotatable bonds is 5. The van der Waals surface area contributed by atoms with Crippen LogP contribution in [-0.4, -0.2) is 19.1 Å². The van der Waals surface area contributed by atoms with Crippen molar-refractivity contribution in [1.29, 1.82) is 0 Å². The molecule has 4 N–H and O–H groups in total. The minimum Gasteiger partial charge on any atom is -0.352 e. The van der Waals surface area contributed by atoms with E-state index in [2.05, 4.69) is 42.7 Å². The lowest BCUT2D eigenvalue weighted by Gasteiger charge is -2.07. The average Bonchev–Trinajstić information content (AvgIpc) is 2.15. The van der Waals surface area contributed by atoms with E-state index in [9.17, 15) is 4.79 Å². The molecule has 0 heterocycles. The van der Waals surface area contributed by atoms with Gasteiger partial charge in [0.2, 0.25) is 0 Å². The van der Waals surface area contributed by atoms with Crippen LogP contribution in [0.2, 0.25) is 0 Å². The molecule has 88 valence electrons. The second-order valence-electron chi connectivity index (χ2n) is 3.96. The van der Waals surface area contributed by atoms with Crippen molar-refractivity contribution in [3.05, 3.63) is 34.9 Å². The number of urea groups is 1. The van der Waals surface area contributed by atoms with Crippen molar-refractivity contribution in [1.82, 2.24) is 10.6 Å². The monoisotopic (exact) mass is 221 g/mol. The molecule has 0 aliphatic heterocycles. The molecule has 2 amide bonds. The van der Waals surface area contributed by atoms with Crippen molar-refractivity contribution in [3.8, 4) is 0 Å². The number of amides is 2. The molecule has 0 saturated heterocycles. The molecule has 0 aliphatic rings. The van der Waals surface area contributed by atoms with Gasteiger partial charge in [-0.3, -0.25) is 0 Å². The molecular weight excluding hydrogens is 202 g/mol. The number of nitrogens with two attached hydrogens (primary N) is 1. The summed E-state index contributed by atoms with van der Waals surface area (Å²) in [5.74, 6) is 0. The van der Waals surface area contributed by atoms with Crippen molar-refractivity contribution in [2.75, 3.05) is 13.1 Å². The highest BCUT2D eigenvalue weighted by molar-refractivity contribution is 5.71. The number of hydrogen-bond donors (Lipinski definition) is 3. The van der Waals surface area contributed by atoms with Crippen LogP contribution in [0.1, 0.15) is 16.7 Å². The molecular formula is C12H19N3O. The van der Waals surface area contributed by atoms with Crippen LogP contribution >= 0.6 is 0 Å². The SMILES string of the molecule is Cc1cc(C)cc(CNCCNC(N)=O)c1. The normalized spacial score (nSPS) is 10.1. The fourth-order valence-electron chi connectivity index (χ4n) is 1.68. The van der Waals surface area contributed by atoms with Gasteiger partial charge in [0.15, 0.2) is 0 Å². The number of carbonyl (C=O) groups is 1. The Hall–Kier alpha value is -1.55. The number of primary amides is 1. The van der Waals surface area contributed by atoms with E-state index in [4.69, 9.17) is 5.73 Å². The van der Waals surface area contributed by atoms with Gasteiger partial charge < -0.3 is 16.4 Å². The number of nitrogens with one attached hydrogen (secondary N) is 2. The lowest BCUT2D eigenvalue weighted by Crippen LogP contribution is -2.35. The van der Waals surface area contributed by atoms with Gasteiger partial charge in [0.05, 0.1) is 0 Å². The van der Waals surface area contributed by atoms with Gasteiger partial charge in [-0.25, -0.2) is 4.79 Å². The van der Waals surface area contributed by atoms with E-state index in [-0.39, 0.29) is 0 Å². The number of hydrogen-bond acceptors (Lipinski definition) is 2. The molecule has 1 aromatic rings. The molecule has 0 bridgehead atoms. The summed E-state index contributed by atoms with van der Waals surface area (Å²) in [6.45, 7) is 6.26. The van der Waals surface area contributed by atoms with E-state index in [1.807, 2.05) is 0 Å². The average molecular weight is 221 g/mol. The van der Waals surface area contributed by atoms with Gasteiger partial charge in [-0.2, -0.15) is 0 Å². The third kappa shape index (κ3) is 4.79. The lowest BCUT2D eigenvalue weighted by molar-refractivity contribution is 0.249. The van der Waals surface area contributed by atoms with Gasteiger partial charge in [-0.15, -0.1) is 0 Å². The quantitative estimate of drug-likeness (QED) is 0.651. The lowest BCUT2D eigenvalue weighted by atomic mass is 10.1. The summed E-state index contributed by atoms with van der Waals surface area (Å²) in [6.07, 6.45) is 0. The maximum Gasteiger partial charge on any atom is 0.312 e. The topological polar surface area (TPSA) is 67.2 Å². The minimum absolute atomic E-state index is 0.479. The Morgan fingerprint density at radius 2 is 1.81 bits per heavy atom. The van der Waals surface area contributed by atoms with Crippen LogP contribution in [0.3, 0.4) is 0 Å². The van der Waals surface area contributed by atoms with E-state index >= 15 is 0 Å². The molecule has 0 aliphatic carbocycles. The standard InChI is InChI=1S/C12H19N3O/c1-9-5-10(2)7-11(6-9)8-14-3-4-15-12(13)16/h5-7,14H,3-4,8H2,1-2H3,(H3,13,15,16). The zero-order valence-electron chi connectivity index (χ0n) is 9.84. The Bertz CT molecular complexity index is 343. The fourth-order valence-corrected chi connectivity index (χ4v) is 1.68. The smallest absolute Gasteiger partial charge is 0.312 e. The highest BCUT2D eigenvalue weighted by Gasteiger charge is 1.96. The number of benzene rings is 1. The highest BCUT2D eigenvalue weighted by atomic mass is 16.2. The van der Waals surface area contributed by atoms with E-state index in [1.54, 1.807) is 0 Å². The predicted octanol–water partition coefficient (Wildman–Crippen LogP) is 1.06. The summed E-state index contributed by atoms with van der Waals surface area (Å²) in [6, 6.07) is 5.98. The summed E-state index contributed by atoms with van der Waals surface area (Å²) in [4.78, 5) is 10.4. The van der Waals surface area contributed by atoms with E-state index in [1.165, 1.54) is 16.7 Å². The first-order valence-electron chi connectivity index (χ1n) is 5.39. The van der Waals surface area contributed by atoms with Crippen molar-refractivity contribution in [3.63, 3.8) is 0 Å². The Kier molecular flexibility index (Phi) is 4.79. The summed E-state index contributed by atoms with van der Waals surface area (Å²) in [7, 11) is 0. The molecule has 1 rings (SSSR count). The highest BCUT2D eigenvalue weighted by Crippen LogP contribution is 2.08. The third-order valence-corrected chi connectivity index (χ3v) is 2.21. The summed E-state index contributed by atoms with van der Waals surface area (Å²) < 4.78 is 0. The molecule has 0 atom stereocenters. The molecule has 4 nitrogen and oxygen atoms in total. The van der Waals surface area contributed by atoms with Gasteiger partial charge >= 0.3 is 6.03 Å². The molecule has 0 radical (unpaired) electrons. The van der Waals surface area contributed by atoms with Crippen LogP contribution in [0, 0.1) is 13.8 Å². The van der Waals surface area contributed by atoms with Crippen LogP contribution in [0.15, 0.2) is 18.2 Å². The molecule has 0 aromatic heterocycles. The zero-order valence-corrected chi connectivity index (χ0v) is 9.84. The van der Waals surface area contributed by atoms with Crippen LogP contribution in [0.4, 0.5) is 4.79 Å². The van der Waals surface area contributed by atoms with Crippen molar-refractivity contribution in [2.24, 2.45) is 5.73 Å². The molecule has 0 saturated carbocycles. The first-order chi connectivity index (χ1) is 7.58. The maximum absolute atomic E-state index is 10.4. The molecule has 0 fully saturated rings. The summed E-state index contributed by atoms with van der Waals surface area (Å²) >= 11 is 0. The maximum atomic E-state index is 10.4. The number of carbonyl (C=O) groups excluding carboxylic acids is 1. The van der Waals surface area contributed by atoms with Gasteiger partial charge in [0.1, 0.15) is 0 Å². The third-order valence-electron chi connectivity index (χ3n) is 2.21. The molecule has 16 heavy (non-hydrogen) atoms. The van der Waals surface area contributed by atoms with Crippen molar-refractivity contribution < 1.29 is 4.79 Å². The Morgan fingerprint density at radius 3 is 2.38 bits per heavy atom. The first-order valence-corrected chi connectivity index (χ1v) is 5.39. The predicted molar refractivity (Wildman–Crippen MR) is 65.2 cm³/mol. The van der Waals surface area contributed by atoms with Crippen LogP contribution in [0.25, 0.3) is 0 Å². The molecule has 0 unspecified atom stereocenters. The largest absolute Gasteiger partial charge is 0.352 e. The number of aryl methyl sites for hydroxylation is 2. The second kappa shape index (κ2) is 6.12. The zero-order chi connectivity index (χ0) is 12.0. The Labute approximate surface area is 96.2 Å². The van der Waals surface area contributed by atoms with Crippen molar-refractivity contribution in [2.45, 2.75) is 20.4 Å². The minimum atomic E-state index is -0.479. The summed E-state index contributed by atoms with van der Waals surface area (Å²) in [5.41, 5.74) is 8.75. The van der Waals surface area contributed by atoms with Gasteiger partial charge in [-0.05, 0) is 19.4 Å².